The van der Waals surface area contributed by atoms with Gasteiger partial charge in [-0.2, -0.15) is 5.26 Å². The molecule has 1 aliphatic carbocycles. The van der Waals surface area contributed by atoms with Gasteiger partial charge < -0.3 is 15.4 Å². The lowest BCUT2D eigenvalue weighted by Crippen LogP contribution is -2.36. The Bertz CT molecular complexity index is 1170. The molecular formula is C25H23Br2N3O2. The first kappa shape index (κ1) is 22.6. The van der Waals surface area contributed by atoms with Gasteiger partial charge in [-0.3, -0.25) is 4.79 Å². The molecule has 0 bridgehead atoms. The molecule has 0 radical (unpaired) electrons. The second kappa shape index (κ2) is 9.13. The highest BCUT2D eigenvalue weighted by Crippen LogP contribution is 2.46. The van der Waals surface area contributed by atoms with E-state index in [1.165, 1.54) is 5.56 Å². The molecule has 1 aliphatic heterocycles. The standard InChI is InChI=1S/C25H23Br2N3O2/c1-14-6-8-15(9-7-14)13-32-24-18(26)10-16(11-19(24)27)22-17(12-28)25(29)30(2)20-4-3-5-21(31)23(20)22/h6-11,22H,3-5,13,29H2,1-2H3/t22-/m1/s1. The fourth-order valence-corrected chi connectivity index (χ4v) is 5.77. The zero-order valence-corrected chi connectivity index (χ0v) is 21.1. The van der Waals surface area contributed by atoms with Gasteiger partial charge >= 0.3 is 0 Å². The SMILES string of the molecule is Cc1ccc(COc2c(Br)cc([C@@H]3C(C#N)=C(N)N(C)C4=C3C(=O)CCC4)cc2Br)cc1. The van der Waals surface area contributed by atoms with Crippen molar-refractivity contribution in [1.82, 2.24) is 4.90 Å². The third-order valence-corrected chi connectivity index (χ3v) is 7.20. The molecule has 2 aromatic rings. The van der Waals surface area contributed by atoms with Gasteiger partial charge in [0.1, 0.15) is 18.2 Å². The van der Waals surface area contributed by atoms with Gasteiger partial charge in [0.15, 0.2) is 5.78 Å². The molecule has 0 saturated heterocycles. The molecule has 2 N–H and O–H groups in total. The number of ketones is 1. The summed E-state index contributed by atoms with van der Waals surface area (Å²) in [6, 6.07) is 14.3. The van der Waals surface area contributed by atoms with E-state index in [9.17, 15) is 10.1 Å². The number of aryl methyl sites for hydroxylation is 1. The molecule has 164 valence electrons. The Kier molecular flexibility index (Phi) is 6.45. The summed E-state index contributed by atoms with van der Waals surface area (Å²) in [4.78, 5) is 14.7. The average molecular weight is 557 g/mol. The number of carbonyl (C=O) groups excluding carboxylic acids is 1. The third-order valence-electron chi connectivity index (χ3n) is 6.03. The lowest BCUT2D eigenvalue weighted by atomic mass is 9.76. The highest BCUT2D eigenvalue weighted by Gasteiger charge is 2.39. The molecule has 2 aliphatic rings. The van der Waals surface area contributed by atoms with Crippen molar-refractivity contribution in [1.29, 1.82) is 5.26 Å². The fraction of sp³-hybridized carbons (Fsp3) is 0.280. The lowest BCUT2D eigenvalue weighted by Gasteiger charge is -2.37. The number of nitriles is 1. The van der Waals surface area contributed by atoms with Gasteiger partial charge in [0.2, 0.25) is 0 Å². The molecule has 5 nitrogen and oxygen atoms in total. The van der Waals surface area contributed by atoms with Crippen LogP contribution in [-0.2, 0) is 11.4 Å². The van der Waals surface area contributed by atoms with Crippen LogP contribution in [0.1, 0.15) is 41.9 Å². The average Bonchev–Trinajstić information content (AvgIpc) is 2.77. The predicted molar refractivity (Wildman–Crippen MR) is 131 cm³/mol. The fourth-order valence-electron chi connectivity index (χ4n) is 4.32. The normalized spacial score (nSPS) is 18.5. The monoisotopic (exact) mass is 555 g/mol. The van der Waals surface area contributed by atoms with Crippen molar-refractivity contribution in [2.45, 2.75) is 38.7 Å². The topological polar surface area (TPSA) is 79.3 Å². The van der Waals surface area contributed by atoms with Crippen molar-refractivity contribution in [3.05, 3.63) is 84.7 Å². The van der Waals surface area contributed by atoms with E-state index in [1.807, 2.05) is 38.2 Å². The Balaban J connectivity index is 1.72. The molecule has 7 heteroatoms. The number of Topliss-reactive ketones (excluding diaryl/α,β-unsaturated/α-hetero) is 1. The number of rotatable bonds is 4. The van der Waals surface area contributed by atoms with E-state index >= 15 is 0 Å². The summed E-state index contributed by atoms with van der Waals surface area (Å²) < 4.78 is 7.56. The second-order valence-corrected chi connectivity index (χ2v) is 9.84. The number of nitrogens with two attached hydrogens (primary N) is 1. The molecule has 0 saturated carbocycles. The largest absolute Gasteiger partial charge is 0.487 e. The third kappa shape index (κ3) is 4.10. The minimum absolute atomic E-state index is 0.0790. The van der Waals surface area contributed by atoms with Crippen LogP contribution in [0.4, 0.5) is 0 Å². The van der Waals surface area contributed by atoms with Crippen LogP contribution in [0.15, 0.2) is 68.0 Å². The molecule has 1 heterocycles. The summed E-state index contributed by atoms with van der Waals surface area (Å²) in [5.41, 5.74) is 11.4. The maximum absolute atomic E-state index is 12.9. The smallest absolute Gasteiger partial charge is 0.161 e. The van der Waals surface area contributed by atoms with Crippen molar-refractivity contribution >= 4 is 37.6 Å². The summed E-state index contributed by atoms with van der Waals surface area (Å²) in [5.74, 6) is 0.660. The minimum Gasteiger partial charge on any atom is -0.487 e. The number of hydrogen-bond donors (Lipinski definition) is 1. The molecule has 0 unspecified atom stereocenters. The summed E-state index contributed by atoms with van der Waals surface area (Å²) in [5, 5.41) is 9.91. The first-order chi connectivity index (χ1) is 15.3. The Morgan fingerprint density at radius 1 is 1.19 bits per heavy atom. The maximum atomic E-state index is 12.9. The van der Waals surface area contributed by atoms with Crippen LogP contribution in [0.2, 0.25) is 0 Å². The van der Waals surface area contributed by atoms with Crippen molar-refractivity contribution in [2.24, 2.45) is 5.73 Å². The zero-order chi connectivity index (χ0) is 23.0. The molecule has 2 aromatic carbocycles. The zero-order valence-electron chi connectivity index (χ0n) is 17.9. The van der Waals surface area contributed by atoms with Crippen LogP contribution >= 0.6 is 31.9 Å². The summed E-state index contributed by atoms with van der Waals surface area (Å²) in [6.07, 6.45) is 2.05. The highest BCUT2D eigenvalue weighted by atomic mass is 79.9. The number of hydrogen-bond acceptors (Lipinski definition) is 5. The second-order valence-electron chi connectivity index (χ2n) is 8.13. The van der Waals surface area contributed by atoms with Crippen LogP contribution in [0.3, 0.4) is 0 Å². The number of ether oxygens (including phenoxy) is 1. The molecule has 32 heavy (non-hydrogen) atoms. The quantitative estimate of drug-likeness (QED) is 0.512. The first-order valence-electron chi connectivity index (χ1n) is 10.4. The number of halogens is 2. The molecule has 4 rings (SSSR count). The van der Waals surface area contributed by atoms with Gasteiger partial charge in [0.05, 0.1) is 26.5 Å². The van der Waals surface area contributed by atoms with Crippen molar-refractivity contribution in [3.8, 4) is 11.8 Å². The van der Waals surface area contributed by atoms with Gasteiger partial charge in [-0.1, -0.05) is 29.8 Å². The number of nitrogens with zero attached hydrogens (tertiary/aromatic N) is 2. The van der Waals surface area contributed by atoms with E-state index in [2.05, 4.69) is 50.1 Å². The van der Waals surface area contributed by atoms with Crippen LogP contribution < -0.4 is 10.5 Å². The van der Waals surface area contributed by atoms with Crippen LogP contribution in [0.5, 0.6) is 5.75 Å². The Morgan fingerprint density at radius 3 is 2.47 bits per heavy atom. The summed E-state index contributed by atoms with van der Waals surface area (Å²) in [6.45, 7) is 2.48. The summed E-state index contributed by atoms with van der Waals surface area (Å²) in [7, 11) is 1.82. The Hall–Kier alpha value is -2.56. The van der Waals surface area contributed by atoms with Crippen LogP contribution in [0.25, 0.3) is 0 Å². The van der Waals surface area contributed by atoms with Gasteiger partial charge in [-0.05, 0) is 74.9 Å². The lowest BCUT2D eigenvalue weighted by molar-refractivity contribution is -0.116. The van der Waals surface area contributed by atoms with Crippen LogP contribution in [0, 0.1) is 18.3 Å². The highest BCUT2D eigenvalue weighted by molar-refractivity contribution is 9.11. The molecule has 0 fully saturated rings. The number of carbonyl (C=O) groups is 1. The molecule has 0 amide bonds. The van der Waals surface area contributed by atoms with Crippen molar-refractivity contribution in [3.63, 3.8) is 0 Å². The number of allylic oxidation sites excluding steroid dienone is 3. The minimum atomic E-state index is -0.488. The van der Waals surface area contributed by atoms with Gasteiger partial charge in [0.25, 0.3) is 0 Å². The molecule has 0 aromatic heterocycles. The van der Waals surface area contributed by atoms with E-state index in [0.717, 1.165) is 38.6 Å². The van der Waals surface area contributed by atoms with Crippen molar-refractivity contribution < 1.29 is 9.53 Å². The van der Waals surface area contributed by atoms with E-state index in [0.29, 0.717) is 35.7 Å². The maximum Gasteiger partial charge on any atom is 0.161 e. The van der Waals surface area contributed by atoms with E-state index in [1.54, 1.807) is 4.90 Å². The van der Waals surface area contributed by atoms with Gasteiger partial charge in [-0.15, -0.1) is 0 Å². The molecular weight excluding hydrogens is 534 g/mol. The van der Waals surface area contributed by atoms with Crippen LogP contribution in [-0.4, -0.2) is 17.7 Å². The van der Waals surface area contributed by atoms with E-state index in [-0.39, 0.29) is 5.78 Å². The predicted octanol–water partition coefficient (Wildman–Crippen LogP) is 5.83. The molecule has 1 atom stereocenters. The van der Waals surface area contributed by atoms with Crippen molar-refractivity contribution in [2.75, 3.05) is 7.05 Å². The first-order valence-corrected chi connectivity index (χ1v) is 12.0. The van der Waals surface area contributed by atoms with Gasteiger partial charge in [0, 0.05) is 24.7 Å². The molecule has 0 spiro atoms. The van der Waals surface area contributed by atoms with E-state index in [4.69, 9.17) is 10.5 Å². The Morgan fingerprint density at radius 2 is 1.84 bits per heavy atom. The van der Waals surface area contributed by atoms with Gasteiger partial charge in [-0.25, -0.2) is 0 Å². The summed E-state index contributed by atoms with van der Waals surface area (Å²) >= 11 is 7.25. The van der Waals surface area contributed by atoms with E-state index < -0.39 is 5.92 Å². The Labute approximate surface area is 204 Å². The number of benzene rings is 2.